The lowest BCUT2D eigenvalue weighted by molar-refractivity contribution is 0.241. The molecular formula is C15H20BrN. The van der Waals surface area contributed by atoms with Crippen LogP contribution in [-0.2, 0) is 12.8 Å². The van der Waals surface area contributed by atoms with Gasteiger partial charge in [0.05, 0.1) is 0 Å². The molecule has 17 heavy (non-hydrogen) atoms. The van der Waals surface area contributed by atoms with E-state index in [1.165, 1.54) is 50.6 Å². The minimum atomic E-state index is 0.622. The van der Waals surface area contributed by atoms with E-state index in [2.05, 4.69) is 45.1 Å². The summed E-state index contributed by atoms with van der Waals surface area (Å²) in [5.41, 5.74) is 3.76. The molecule has 92 valence electrons. The van der Waals surface area contributed by atoms with Gasteiger partial charge in [0.2, 0.25) is 0 Å². The van der Waals surface area contributed by atoms with Gasteiger partial charge in [0.1, 0.15) is 0 Å². The van der Waals surface area contributed by atoms with Crippen molar-refractivity contribution in [3.05, 3.63) is 35.4 Å². The third-order valence-electron chi connectivity index (χ3n) is 4.31. The van der Waals surface area contributed by atoms with Crippen molar-refractivity contribution in [1.82, 2.24) is 4.90 Å². The summed E-state index contributed by atoms with van der Waals surface area (Å²) < 4.78 is 0. The first-order chi connectivity index (χ1) is 8.31. The Morgan fingerprint density at radius 1 is 1.06 bits per heavy atom. The predicted octanol–water partition coefficient (Wildman–Crippen LogP) is 3.26. The van der Waals surface area contributed by atoms with Crippen LogP contribution in [0.2, 0.25) is 0 Å². The average molecular weight is 294 g/mol. The Hall–Kier alpha value is -0.340. The van der Waals surface area contributed by atoms with Gasteiger partial charge in [-0.15, -0.1) is 0 Å². The predicted molar refractivity (Wildman–Crippen MR) is 75.8 cm³/mol. The maximum absolute atomic E-state index is 3.68. The number of nitrogens with zero attached hydrogens (tertiary/aromatic N) is 1. The van der Waals surface area contributed by atoms with Crippen LogP contribution in [0.25, 0.3) is 0 Å². The molecule has 0 spiro atoms. The van der Waals surface area contributed by atoms with Crippen molar-refractivity contribution in [3.8, 4) is 0 Å². The van der Waals surface area contributed by atoms with Gasteiger partial charge in [0.25, 0.3) is 0 Å². The van der Waals surface area contributed by atoms with E-state index in [9.17, 15) is 0 Å². The first-order valence-corrected chi connectivity index (χ1v) is 7.79. The second kappa shape index (κ2) is 4.74. The van der Waals surface area contributed by atoms with Gasteiger partial charge in [-0.3, -0.25) is 0 Å². The summed E-state index contributed by atoms with van der Waals surface area (Å²) >= 11 is 3.68. The quantitative estimate of drug-likeness (QED) is 0.773. The summed E-state index contributed by atoms with van der Waals surface area (Å²) in [5, 5.41) is 1.18. The van der Waals surface area contributed by atoms with E-state index in [4.69, 9.17) is 0 Å². The van der Waals surface area contributed by atoms with Crippen LogP contribution in [0, 0.1) is 5.41 Å². The van der Waals surface area contributed by atoms with Gasteiger partial charge in [0.15, 0.2) is 0 Å². The Bertz CT molecular complexity index is 371. The summed E-state index contributed by atoms with van der Waals surface area (Å²) in [5.74, 6) is 0. The minimum absolute atomic E-state index is 0.622. The van der Waals surface area contributed by atoms with Crippen molar-refractivity contribution in [2.45, 2.75) is 25.7 Å². The third kappa shape index (κ3) is 2.58. The van der Waals surface area contributed by atoms with Crippen molar-refractivity contribution in [3.63, 3.8) is 0 Å². The summed E-state index contributed by atoms with van der Waals surface area (Å²) in [6, 6.07) is 8.96. The fraction of sp³-hybridized carbons (Fsp3) is 0.600. The lowest BCUT2D eigenvalue weighted by Crippen LogP contribution is -2.33. The number of fused-ring (bicyclic) bond motifs is 1. The standard InChI is InChI=1S/C15H20BrN/c16-11-15(7-8-15)12-17-9-5-13-3-1-2-4-14(13)6-10-17/h1-4H,5-12H2. The van der Waals surface area contributed by atoms with E-state index in [1.54, 1.807) is 11.1 Å². The molecule has 1 aliphatic carbocycles. The van der Waals surface area contributed by atoms with E-state index >= 15 is 0 Å². The fourth-order valence-corrected chi connectivity index (χ4v) is 3.60. The molecule has 0 amide bonds. The molecule has 1 heterocycles. The Kier molecular flexibility index (Phi) is 3.27. The van der Waals surface area contributed by atoms with Crippen molar-refractivity contribution in [1.29, 1.82) is 0 Å². The van der Waals surface area contributed by atoms with Crippen LogP contribution in [0.15, 0.2) is 24.3 Å². The monoisotopic (exact) mass is 293 g/mol. The molecule has 1 saturated carbocycles. The number of alkyl halides is 1. The summed E-state index contributed by atoms with van der Waals surface area (Å²) in [6.07, 6.45) is 5.30. The molecule has 2 heteroatoms. The van der Waals surface area contributed by atoms with Gasteiger partial charge in [0, 0.05) is 25.0 Å². The van der Waals surface area contributed by atoms with Gasteiger partial charge in [-0.05, 0) is 42.2 Å². The highest BCUT2D eigenvalue weighted by atomic mass is 79.9. The highest BCUT2D eigenvalue weighted by molar-refractivity contribution is 9.09. The summed E-state index contributed by atoms with van der Waals surface area (Å²) in [4.78, 5) is 2.67. The summed E-state index contributed by atoms with van der Waals surface area (Å²) in [6.45, 7) is 3.78. The molecule has 0 saturated heterocycles. The van der Waals surface area contributed by atoms with Crippen LogP contribution >= 0.6 is 15.9 Å². The zero-order valence-corrected chi connectivity index (χ0v) is 11.9. The maximum atomic E-state index is 3.68. The van der Waals surface area contributed by atoms with Crippen LogP contribution in [0.3, 0.4) is 0 Å². The van der Waals surface area contributed by atoms with Crippen LogP contribution in [-0.4, -0.2) is 29.9 Å². The molecule has 1 aliphatic heterocycles. The molecule has 3 rings (SSSR count). The van der Waals surface area contributed by atoms with Crippen LogP contribution in [0.4, 0.5) is 0 Å². The summed E-state index contributed by atoms with van der Waals surface area (Å²) in [7, 11) is 0. The second-order valence-corrected chi connectivity index (χ2v) is 6.24. The molecule has 1 fully saturated rings. The van der Waals surface area contributed by atoms with Gasteiger partial charge in [-0.25, -0.2) is 0 Å². The number of rotatable bonds is 3. The lowest BCUT2D eigenvalue weighted by Gasteiger charge is -2.24. The largest absolute Gasteiger partial charge is 0.302 e. The Labute approximate surface area is 112 Å². The average Bonchev–Trinajstić information content (AvgIpc) is 3.16. The van der Waals surface area contributed by atoms with Gasteiger partial charge >= 0.3 is 0 Å². The molecule has 1 nitrogen and oxygen atoms in total. The smallest absolute Gasteiger partial charge is 0.0100 e. The first-order valence-electron chi connectivity index (χ1n) is 6.66. The molecule has 1 aromatic carbocycles. The van der Waals surface area contributed by atoms with Crippen molar-refractivity contribution >= 4 is 15.9 Å². The molecule has 1 aromatic rings. The van der Waals surface area contributed by atoms with Crippen molar-refractivity contribution in [2.75, 3.05) is 25.0 Å². The first kappa shape index (κ1) is 11.7. The third-order valence-corrected chi connectivity index (χ3v) is 5.50. The van der Waals surface area contributed by atoms with E-state index in [0.29, 0.717) is 5.41 Å². The number of halogens is 1. The van der Waals surface area contributed by atoms with Crippen molar-refractivity contribution < 1.29 is 0 Å². The highest BCUT2D eigenvalue weighted by Crippen LogP contribution is 2.47. The maximum Gasteiger partial charge on any atom is 0.0100 e. The van der Waals surface area contributed by atoms with Crippen LogP contribution in [0.1, 0.15) is 24.0 Å². The number of hydrogen-bond acceptors (Lipinski definition) is 1. The minimum Gasteiger partial charge on any atom is -0.302 e. The number of benzene rings is 1. The van der Waals surface area contributed by atoms with E-state index < -0.39 is 0 Å². The van der Waals surface area contributed by atoms with Crippen LogP contribution < -0.4 is 0 Å². The molecule has 0 aromatic heterocycles. The zero-order valence-electron chi connectivity index (χ0n) is 10.3. The molecule has 0 radical (unpaired) electrons. The Morgan fingerprint density at radius 2 is 1.65 bits per heavy atom. The van der Waals surface area contributed by atoms with Gasteiger partial charge in [-0.1, -0.05) is 40.2 Å². The second-order valence-electron chi connectivity index (χ2n) is 5.68. The van der Waals surface area contributed by atoms with Crippen molar-refractivity contribution in [2.24, 2.45) is 5.41 Å². The Morgan fingerprint density at radius 3 is 2.12 bits per heavy atom. The zero-order chi connectivity index (χ0) is 11.7. The van der Waals surface area contributed by atoms with E-state index in [0.717, 1.165) is 0 Å². The SMILES string of the molecule is BrCC1(CN2CCc3ccccc3CC2)CC1. The number of hydrogen-bond donors (Lipinski definition) is 0. The molecule has 0 atom stereocenters. The molecule has 0 unspecified atom stereocenters. The lowest BCUT2D eigenvalue weighted by atomic mass is 10.0. The van der Waals surface area contributed by atoms with E-state index in [1.807, 2.05) is 0 Å². The van der Waals surface area contributed by atoms with Crippen LogP contribution in [0.5, 0.6) is 0 Å². The normalized spacial score (nSPS) is 22.9. The highest BCUT2D eigenvalue weighted by Gasteiger charge is 2.42. The van der Waals surface area contributed by atoms with E-state index in [-0.39, 0.29) is 0 Å². The molecule has 2 aliphatic rings. The molecule has 0 bridgehead atoms. The topological polar surface area (TPSA) is 3.24 Å². The molecular weight excluding hydrogens is 274 g/mol. The Balaban J connectivity index is 1.65. The van der Waals surface area contributed by atoms with Gasteiger partial charge < -0.3 is 4.90 Å². The fourth-order valence-electron chi connectivity index (χ4n) is 2.86. The molecule has 0 N–H and O–H groups in total. The van der Waals surface area contributed by atoms with Gasteiger partial charge in [-0.2, -0.15) is 0 Å².